The average molecular weight is 316 g/mol. The van der Waals surface area contributed by atoms with E-state index in [0.717, 1.165) is 17.0 Å². The fourth-order valence-electron chi connectivity index (χ4n) is 2.23. The smallest absolute Gasteiger partial charge is 0.224 e. The summed E-state index contributed by atoms with van der Waals surface area (Å²) in [6, 6.07) is 7.65. The standard InChI is InChI=1S/C17H20N2O2S/c1-2-21-15-7-3-12(4-8-15)9-16(20)18-10-14-11-22-17(19-14)13-5-6-13/h3-4,7-8,11,13H,2,5-6,9-10H2,1H3,(H,18,20). The maximum Gasteiger partial charge on any atom is 0.224 e. The lowest BCUT2D eigenvalue weighted by Gasteiger charge is -2.06. The van der Waals surface area contributed by atoms with E-state index in [0.29, 0.717) is 25.5 Å². The molecule has 2 aromatic rings. The molecule has 0 aliphatic heterocycles. The first kappa shape index (κ1) is 15.0. The van der Waals surface area contributed by atoms with Crippen LogP contribution < -0.4 is 10.1 Å². The highest BCUT2D eigenvalue weighted by molar-refractivity contribution is 7.09. The molecule has 4 nitrogen and oxygen atoms in total. The summed E-state index contributed by atoms with van der Waals surface area (Å²) >= 11 is 1.71. The minimum atomic E-state index is 0.0186. The fourth-order valence-corrected chi connectivity index (χ4v) is 3.22. The van der Waals surface area contributed by atoms with E-state index in [1.54, 1.807) is 11.3 Å². The van der Waals surface area contributed by atoms with Crippen LogP contribution >= 0.6 is 11.3 Å². The Balaban J connectivity index is 1.46. The second-order valence-electron chi connectivity index (χ2n) is 5.48. The van der Waals surface area contributed by atoms with Gasteiger partial charge in [0.2, 0.25) is 5.91 Å². The van der Waals surface area contributed by atoms with Gasteiger partial charge in [-0.15, -0.1) is 11.3 Å². The lowest BCUT2D eigenvalue weighted by molar-refractivity contribution is -0.120. The molecule has 0 radical (unpaired) electrons. The molecule has 1 N–H and O–H groups in total. The topological polar surface area (TPSA) is 51.2 Å². The summed E-state index contributed by atoms with van der Waals surface area (Å²) in [6.45, 7) is 3.11. The van der Waals surface area contributed by atoms with Crippen LogP contribution in [-0.2, 0) is 17.8 Å². The Bertz CT molecular complexity index is 632. The van der Waals surface area contributed by atoms with E-state index >= 15 is 0 Å². The number of nitrogens with zero attached hydrogens (tertiary/aromatic N) is 1. The number of ether oxygens (including phenoxy) is 1. The van der Waals surface area contributed by atoms with Crippen molar-refractivity contribution in [2.24, 2.45) is 0 Å². The van der Waals surface area contributed by atoms with Gasteiger partial charge in [-0.3, -0.25) is 4.79 Å². The predicted octanol–water partition coefficient (Wildman–Crippen LogP) is 3.28. The predicted molar refractivity (Wildman–Crippen MR) is 87.3 cm³/mol. The molecule has 0 spiro atoms. The molecule has 1 aliphatic rings. The van der Waals surface area contributed by atoms with Crippen molar-refractivity contribution >= 4 is 17.2 Å². The van der Waals surface area contributed by atoms with E-state index in [2.05, 4.69) is 10.3 Å². The van der Waals surface area contributed by atoms with Crippen LogP contribution in [0.5, 0.6) is 5.75 Å². The molecule has 116 valence electrons. The van der Waals surface area contributed by atoms with Crippen molar-refractivity contribution in [2.75, 3.05) is 6.61 Å². The summed E-state index contributed by atoms with van der Waals surface area (Å²) < 4.78 is 5.39. The number of rotatable bonds is 7. The first-order valence-electron chi connectivity index (χ1n) is 7.67. The molecular weight excluding hydrogens is 296 g/mol. The maximum atomic E-state index is 12.0. The van der Waals surface area contributed by atoms with Gasteiger partial charge in [-0.1, -0.05) is 12.1 Å². The van der Waals surface area contributed by atoms with E-state index in [9.17, 15) is 4.79 Å². The lowest BCUT2D eigenvalue weighted by atomic mass is 10.1. The van der Waals surface area contributed by atoms with Gasteiger partial charge in [-0.25, -0.2) is 4.98 Å². The lowest BCUT2D eigenvalue weighted by Crippen LogP contribution is -2.24. The minimum absolute atomic E-state index is 0.0186. The summed E-state index contributed by atoms with van der Waals surface area (Å²) in [5.41, 5.74) is 1.95. The summed E-state index contributed by atoms with van der Waals surface area (Å²) in [6.07, 6.45) is 2.90. The number of nitrogens with one attached hydrogen (secondary N) is 1. The van der Waals surface area contributed by atoms with Crippen LogP contribution in [0.15, 0.2) is 29.6 Å². The number of benzene rings is 1. The molecule has 0 unspecified atom stereocenters. The highest BCUT2D eigenvalue weighted by Crippen LogP contribution is 2.41. The summed E-state index contributed by atoms with van der Waals surface area (Å²) in [5, 5.41) is 6.20. The first-order valence-corrected chi connectivity index (χ1v) is 8.55. The van der Waals surface area contributed by atoms with Crippen LogP contribution in [0.25, 0.3) is 0 Å². The number of carbonyl (C=O) groups is 1. The van der Waals surface area contributed by atoms with Gasteiger partial charge in [0, 0.05) is 11.3 Å². The normalized spacial score (nSPS) is 13.9. The van der Waals surface area contributed by atoms with Crippen molar-refractivity contribution in [3.63, 3.8) is 0 Å². The molecule has 1 aliphatic carbocycles. The molecule has 3 rings (SSSR count). The highest BCUT2D eigenvalue weighted by atomic mass is 32.1. The molecule has 5 heteroatoms. The Kier molecular flexibility index (Phi) is 4.73. The number of amides is 1. The zero-order valence-corrected chi connectivity index (χ0v) is 13.5. The SMILES string of the molecule is CCOc1ccc(CC(=O)NCc2csc(C3CC3)n2)cc1. The van der Waals surface area contributed by atoms with E-state index in [1.807, 2.05) is 36.6 Å². The Labute approximate surface area is 134 Å². The van der Waals surface area contributed by atoms with Gasteiger partial charge < -0.3 is 10.1 Å². The van der Waals surface area contributed by atoms with Crippen LogP contribution in [0.4, 0.5) is 0 Å². The van der Waals surface area contributed by atoms with Crippen LogP contribution in [0.3, 0.4) is 0 Å². The summed E-state index contributed by atoms with van der Waals surface area (Å²) in [7, 11) is 0. The second-order valence-corrected chi connectivity index (χ2v) is 6.37. The molecule has 1 fully saturated rings. The quantitative estimate of drug-likeness (QED) is 0.853. The van der Waals surface area contributed by atoms with Crippen LogP contribution in [0, 0.1) is 0 Å². The maximum absolute atomic E-state index is 12.0. The third-order valence-corrected chi connectivity index (χ3v) is 4.62. The Morgan fingerprint density at radius 1 is 1.36 bits per heavy atom. The van der Waals surface area contributed by atoms with E-state index in [-0.39, 0.29) is 5.91 Å². The van der Waals surface area contributed by atoms with Crippen LogP contribution in [0.1, 0.15) is 41.9 Å². The van der Waals surface area contributed by atoms with E-state index < -0.39 is 0 Å². The van der Waals surface area contributed by atoms with Crippen molar-refractivity contribution in [2.45, 2.75) is 38.6 Å². The molecule has 0 saturated heterocycles. The second kappa shape index (κ2) is 6.92. The first-order chi connectivity index (χ1) is 10.7. The molecule has 0 atom stereocenters. The van der Waals surface area contributed by atoms with Gasteiger partial charge in [-0.2, -0.15) is 0 Å². The number of hydrogen-bond donors (Lipinski definition) is 1. The Hall–Kier alpha value is -1.88. The fraction of sp³-hybridized carbons (Fsp3) is 0.412. The molecule has 22 heavy (non-hydrogen) atoms. The largest absolute Gasteiger partial charge is 0.494 e. The number of thiazole rings is 1. The third kappa shape index (κ3) is 4.07. The molecule has 1 saturated carbocycles. The monoisotopic (exact) mass is 316 g/mol. The summed E-state index contributed by atoms with van der Waals surface area (Å²) in [4.78, 5) is 16.6. The molecular formula is C17H20N2O2S. The van der Waals surface area contributed by atoms with Gasteiger partial charge in [0.25, 0.3) is 0 Å². The third-order valence-electron chi connectivity index (χ3n) is 3.56. The van der Waals surface area contributed by atoms with Gasteiger partial charge in [-0.05, 0) is 37.5 Å². The molecule has 0 bridgehead atoms. The molecule has 1 aromatic heterocycles. The van der Waals surface area contributed by atoms with Crippen molar-refractivity contribution in [3.8, 4) is 5.75 Å². The zero-order chi connectivity index (χ0) is 15.4. The van der Waals surface area contributed by atoms with E-state index in [4.69, 9.17) is 4.74 Å². The van der Waals surface area contributed by atoms with E-state index in [1.165, 1.54) is 17.8 Å². The number of carbonyl (C=O) groups excluding carboxylic acids is 1. The van der Waals surface area contributed by atoms with Gasteiger partial charge in [0.1, 0.15) is 5.75 Å². The average Bonchev–Trinajstić information content (AvgIpc) is 3.26. The Morgan fingerprint density at radius 3 is 2.82 bits per heavy atom. The zero-order valence-electron chi connectivity index (χ0n) is 12.7. The Morgan fingerprint density at radius 2 is 2.14 bits per heavy atom. The number of aromatic nitrogens is 1. The van der Waals surface area contributed by atoms with Crippen LogP contribution in [0.2, 0.25) is 0 Å². The van der Waals surface area contributed by atoms with Crippen molar-refractivity contribution < 1.29 is 9.53 Å². The molecule has 1 heterocycles. The van der Waals surface area contributed by atoms with Gasteiger partial charge in [0.15, 0.2) is 0 Å². The van der Waals surface area contributed by atoms with Crippen molar-refractivity contribution in [1.29, 1.82) is 0 Å². The minimum Gasteiger partial charge on any atom is -0.494 e. The van der Waals surface area contributed by atoms with Crippen molar-refractivity contribution in [1.82, 2.24) is 10.3 Å². The molecule has 1 aromatic carbocycles. The molecule has 1 amide bonds. The van der Waals surface area contributed by atoms with Crippen LogP contribution in [-0.4, -0.2) is 17.5 Å². The van der Waals surface area contributed by atoms with Gasteiger partial charge in [0.05, 0.1) is 30.3 Å². The number of hydrogen-bond acceptors (Lipinski definition) is 4. The van der Waals surface area contributed by atoms with Crippen molar-refractivity contribution in [3.05, 3.63) is 45.9 Å². The summed E-state index contributed by atoms with van der Waals surface area (Å²) in [5.74, 6) is 1.53. The highest BCUT2D eigenvalue weighted by Gasteiger charge is 2.26. The van der Waals surface area contributed by atoms with Gasteiger partial charge >= 0.3 is 0 Å².